The van der Waals surface area contributed by atoms with E-state index < -0.39 is 24.2 Å². The number of pyridine rings is 1. The molecule has 2 aliphatic rings. The number of aliphatic hydroxyl groups is 3. The topological polar surface area (TPSA) is 146 Å². The Bertz CT molecular complexity index is 1220. The van der Waals surface area contributed by atoms with Gasteiger partial charge in [-0.3, -0.25) is 4.98 Å². The number of nitrogens with zero attached hydrogens (tertiary/aromatic N) is 4. The van der Waals surface area contributed by atoms with E-state index in [-0.39, 0.29) is 6.61 Å². The van der Waals surface area contributed by atoms with E-state index in [9.17, 15) is 15.3 Å². The standard InChI is InChI=1S/C25H34N6O4S/c1-4-35-16-7-14(8-16)10-27-25-28-12(2)19(24-30-20-13(3)26-6-5-18(20)36-24)23(31-25)29-17-9-15(11-32)21(33)22(17)34/h5-6,14-17,21-22,32-34H,4,7-11H2,1-3H3,(H2,27,28,29,31)/t14-,15-,16+,17-,21-,22+/m1/s1. The largest absolute Gasteiger partial charge is 0.396 e. The highest BCUT2D eigenvalue weighted by molar-refractivity contribution is 7.21. The van der Waals surface area contributed by atoms with E-state index in [4.69, 9.17) is 19.7 Å². The number of ether oxygens (including phenoxy) is 1. The quantitative estimate of drug-likeness (QED) is 0.289. The molecule has 0 bridgehead atoms. The summed E-state index contributed by atoms with van der Waals surface area (Å²) < 4.78 is 6.69. The second kappa shape index (κ2) is 10.5. The highest BCUT2D eigenvalue weighted by Crippen LogP contribution is 2.38. The zero-order valence-corrected chi connectivity index (χ0v) is 21.6. The molecule has 2 saturated carbocycles. The smallest absolute Gasteiger partial charge is 0.224 e. The number of fused-ring (bicyclic) bond motifs is 1. The van der Waals surface area contributed by atoms with E-state index >= 15 is 0 Å². The third kappa shape index (κ3) is 4.90. The molecule has 0 amide bonds. The van der Waals surface area contributed by atoms with Crippen molar-refractivity contribution in [1.29, 1.82) is 0 Å². The molecule has 0 spiro atoms. The molecule has 4 atom stereocenters. The first kappa shape index (κ1) is 25.2. The molecule has 36 heavy (non-hydrogen) atoms. The molecule has 2 aliphatic carbocycles. The molecule has 3 aromatic heterocycles. The van der Waals surface area contributed by atoms with Crippen molar-refractivity contribution in [3.05, 3.63) is 23.7 Å². The van der Waals surface area contributed by atoms with E-state index in [1.165, 1.54) is 0 Å². The average molecular weight is 515 g/mol. The lowest BCUT2D eigenvalue weighted by atomic mass is 9.82. The second-order valence-corrected chi connectivity index (χ2v) is 10.9. The Morgan fingerprint density at radius 1 is 1.08 bits per heavy atom. The number of rotatable bonds is 9. The van der Waals surface area contributed by atoms with Crippen LogP contribution in [0, 0.1) is 25.7 Å². The van der Waals surface area contributed by atoms with Crippen molar-refractivity contribution < 1.29 is 20.1 Å². The van der Waals surface area contributed by atoms with E-state index in [2.05, 4.69) is 15.6 Å². The molecule has 2 fully saturated rings. The maximum absolute atomic E-state index is 10.6. The molecule has 3 aromatic rings. The first-order chi connectivity index (χ1) is 17.4. The fourth-order valence-electron chi connectivity index (χ4n) is 5.17. The summed E-state index contributed by atoms with van der Waals surface area (Å²) in [5.41, 5.74) is 3.21. The highest BCUT2D eigenvalue weighted by Gasteiger charge is 2.41. The fraction of sp³-hybridized carbons (Fsp3) is 0.600. The van der Waals surface area contributed by atoms with Gasteiger partial charge in [-0.25, -0.2) is 9.97 Å². The van der Waals surface area contributed by atoms with Crippen molar-refractivity contribution in [2.45, 2.75) is 64.4 Å². The monoisotopic (exact) mass is 514 g/mol. The van der Waals surface area contributed by atoms with E-state index in [0.717, 1.165) is 58.2 Å². The molecule has 0 unspecified atom stereocenters. The number of aliphatic hydroxyl groups excluding tert-OH is 3. The van der Waals surface area contributed by atoms with Crippen LogP contribution in [-0.2, 0) is 4.74 Å². The van der Waals surface area contributed by atoms with E-state index in [0.29, 0.717) is 30.2 Å². The van der Waals surface area contributed by atoms with E-state index in [1.807, 2.05) is 26.8 Å². The average Bonchev–Trinajstić information content (AvgIpc) is 3.37. The van der Waals surface area contributed by atoms with Gasteiger partial charge in [-0.15, -0.1) is 11.3 Å². The van der Waals surface area contributed by atoms with Gasteiger partial charge in [0.25, 0.3) is 0 Å². The number of hydrogen-bond donors (Lipinski definition) is 5. The van der Waals surface area contributed by atoms with E-state index in [1.54, 1.807) is 17.5 Å². The third-order valence-corrected chi connectivity index (χ3v) is 8.33. The minimum atomic E-state index is -1.02. The molecular formula is C25H34N6O4S. The summed E-state index contributed by atoms with van der Waals surface area (Å²) in [5, 5.41) is 38.1. The van der Waals surface area contributed by atoms with Crippen LogP contribution in [0.5, 0.6) is 0 Å². The third-order valence-electron chi connectivity index (χ3n) is 7.30. The molecule has 10 nitrogen and oxygen atoms in total. The van der Waals surface area contributed by atoms with Crippen LogP contribution in [0.3, 0.4) is 0 Å². The molecular weight excluding hydrogens is 480 g/mol. The molecule has 0 saturated heterocycles. The maximum Gasteiger partial charge on any atom is 0.224 e. The van der Waals surface area contributed by atoms with Gasteiger partial charge in [0.2, 0.25) is 5.95 Å². The van der Waals surface area contributed by atoms with Crippen LogP contribution in [0.4, 0.5) is 11.8 Å². The van der Waals surface area contributed by atoms with Crippen molar-refractivity contribution in [3.8, 4) is 10.6 Å². The molecule has 3 heterocycles. The minimum Gasteiger partial charge on any atom is -0.396 e. The second-order valence-electron chi connectivity index (χ2n) is 9.82. The van der Waals surface area contributed by atoms with Gasteiger partial charge in [0.05, 0.1) is 39.9 Å². The van der Waals surface area contributed by atoms with Gasteiger partial charge in [-0.2, -0.15) is 4.98 Å². The lowest BCUT2D eigenvalue weighted by Gasteiger charge is -2.35. The summed E-state index contributed by atoms with van der Waals surface area (Å²) in [6, 6.07) is 1.48. The van der Waals surface area contributed by atoms with Gasteiger partial charge >= 0.3 is 0 Å². The summed E-state index contributed by atoms with van der Waals surface area (Å²) in [5.74, 6) is 1.17. The zero-order valence-electron chi connectivity index (χ0n) is 20.8. The summed E-state index contributed by atoms with van der Waals surface area (Å²) in [6.45, 7) is 7.19. The predicted molar refractivity (Wildman–Crippen MR) is 139 cm³/mol. The van der Waals surface area contributed by atoms with Gasteiger partial charge in [0.15, 0.2) is 0 Å². The Hall–Kier alpha value is -2.44. The SMILES string of the molecule is CCO[C@H]1C[C@@H](CNc2nc(C)c(-c3nc4c(C)nccc4s3)c(N[C@@H]3C[C@H](CO)[C@@H](O)[C@H]3O)n2)C1. The van der Waals surface area contributed by atoms with Crippen molar-refractivity contribution in [2.75, 3.05) is 30.4 Å². The van der Waals surface area contributed by atoms with Crippen LogP contribution in [0.2, 0.25) is 0 Å². The number of thiazole rings is 1. The van der Waals surface area contributed by atoms with Gasteiger partial charge in [-0.1, -0.05) is 0 Å². The summed E-state index contributed by atoms with van der Waals surface area (Å²) in [6.07, 6.45) is 2.58. The summed E-state index contributed by atoms with van der Waals surface area (Å²) in [4.78, 5) is 18.7. The number of aryl methyl sites for hydroxylation is 2. The van der Waals surface area contributed by atoms with Crippen LogP contribution >= 0.6 is 11.3 Å². The predicted octanol–water partition coefficient (Wildman–Crippen LogP) is 2.51. The Kier molecular flexibility index (Phi) is 7.36. The fourth-order valence-corrected chi connectivity index (χ4v) is 6.28. The van der Waals surface area contributed by atoms with Gasteiger partial charge in [0.1, 0.15) is 22.4 Å². The van der Waals surface area contributed by atoms with Crippen LogP contribution in [0.15, 0.2) is 12.3 Å². The maximum atomic E-state index is 10.6. The van der Waals surface area contributed by atoms with Crippen molar-refractivity contribution in [3.63, 3.8) is 0 Å². The molecule has 5 N–H and O–H groups in total. The molecule has 0 aliphatic heterocycles. The highest BCUT2D eigenvalue weighted by atomic mass is 32.1. The Labute approximate surface area is 214 Å². The lowest BCUT2D eigenvalue weighted by molar-refractivity contribution is -0.0205. The lowest BCUT2D eigenvalue weighted by Crippen LogP contribution is -2.36. The van der Waals surface area contributed by atoms with Gasteiger partial charge in [-0.05, 0) is 52.0 Å². The number of aromatic nitrogens is 4. The molecule has 194 valence electrons. The first-order valence-corrected chi connectivity index (χ1v) is 13.4. The Balaban J connectivity index is 1.44. The molecule has 11 heteroatoms. The molecule has 5 rings (SSSR count). The van der Waals surface area contributed by atoms with Gasteiger partial charge in [0, 0.05) is 31.9 Å². The zero-order chi connectivity index (χ0) is 25.4. The summed E-state index contributed by atoms with van der Waals surface area (Å²) in [7, 11) is 0. The van der Waals surface area contributed by atoms with Crippen LogP contribution in [-0.4, -0.2) is 79.4 Å². The van der Waals surface area contributed by atoms with Crippen molar-refractivity contribution in [1.82, 2.24) is 19.9 Å². The Morgan fingerprint density at radius 2 is 1.89 bits per heavy atom. The Morgan fingerprint density at radius 3 is 2.58 bits per heavy atom. The minimum absolute atomic E-state index is 0.187. The molecule has 0 aromatic carbocycles. The van der Waals surface area contributed by atoms with Crippen LogP contribution in [0.25, 0.3) is 20.8 Å². The number of nitrogens with one attached hydrogen (secondary N) is 2. The number of hydrogen-bond acceptors (Lipinski definition) is 11. The van der Waals surface area contributed by atoms with Crippen LogP contribution in [0.1, 0.15) is 37.6 Å². The van der Waals surface area contributed by atoms with Gasteiger partial charge < -0.3 is 30.7 Å². The first-order valence-electron chi connectivity index (χ1n) is 12.6. The summed E-state index contributed by atoms with van der Waals surface area (Å²) >= 11 is 1.54. The van der Waals surface area contributed by atoms with Crippen LogP contribution < -0.4 is 10.6 Å². The normalized spacial score (nSPS) is 27.8. The molecule has 0 radical (unpaired) electrons. The van der Waals surface area contributed by atoms with Crippen molar-refractivity contribution in [2.24, 2.45) is 11.8 Å². The van der Waals surface area contributed by atoms with Crippen molar-refractivity contribution >= 4 is 33.3 Å². The number of anilines is 2.